The maximum atomic E-state index is 12.3. The highest BCUT2D eigenvalue weighted by molar-refractivity contribution is 6.06. The number of nitrogens with zero attached hydrogens (tertiary/aromatic N) is 3. The molecule has 2 heterocycles. The minimum absolute atomic E-state index is 0.0452. The summed E-state index contributed by atoms with van der Waals surface area (Å²) in [5.74, 6) is 1.46. The second-order valence-corrected chi connectivity index (χ2v) is 7.47. The van der Waals surface area contributed by atoms with E-state index < -0.39 is 0 Å². The van der Waals surface area contributed by atoms with Gasteiger partial charge in [0, 0.05) is 30.5 Å². The van der Waals surface area contributed by atoms with Crippen LogP contribution in [0.25, 0.3) is 21.9 Å². The minimum Gasteiger partial charge on any atom is -0.382 e. The summed E-state index contributed by atoms with van der Waals surface area (Å²) in [7, 11) is 0. The molecule has 0 saturated carbocycles. The Morgan fingerprint density at radius 3 is 2.60 bits per heavy atom. The van der Waals surface area contributed by atoms with Gasteiger partial charge >= 0.3 is 0 Å². The molecule has 0 aliphatic heterocycles. The molecule has 1 amide bonds. The average Bonchev–Trinajstić information content (AvgIpc) is 3.15. The Morgan fingerprint density at radius 1 is 1.03 bits per heavy atom. The van der Waals surface area contributed by atoms with Gasteiger partial charge in [-0.25, -0.2) is 9.97 Å². The van der Waals surface area contributed by atoms with E-state index in [-0.39, 0.29) is 5.91 Å². The first-order valence-corrected chi connectivity index (χ1v) is 10.6. The number of rotatable bonds is 8. The molecular weight excluding hydrogens is 374 g/mol. The van der Waals surface area contributed by atoms with Crippen molar-refractivity contribution in [1.29, 1.82) is 0 Å². The lowest BCUT2D eigenvalue weighted by Gasteiger charge is -2.11. The SMILES string of the molecule is CCCCc1nc2c(N)nc3ccccc3c2n1CCCNC(=O)c1ccccc1. The Morgan fingerprint density at radius 2 is 1.80 bits per heavy atom. The number of para-hydroxylation sites is 1. The summed E-state index contributed by atoms with van der Waals surface area (Å²) in [6.45, 7) is 3.54. The third-order valence-corrected chi connectivity index (χ3v) is 5.32. The van der Waals surface area contributed by atoms with Crippen molar-refractivity contribution in [3.05, 3.63) is 66.0 Å². The fourth-order valence-electron chi connectivity index (χ4n) is 3.80. The number of benzene rings is 2. The molecular formula is C24H27N5O. The molecule has 6 heteroatoms. The number of fused-ring (bicyclic) bond motifs is 3. The highest BCUT2D eigenvalue weighted by atomic mass is 16.1. The number of unbranched alkanes of at least 4 members (excludes halogenated alkanes) is 1. The predicted molar refractivity (Wildman–Crippen MR) is 121 cm³/mol. The Bertz CT molecular complexity index is 1170. The Hall–Kier alpha value is -3.41. The number of hydrogen-bond acceptors (Lipinski definition) is 4. The second-order valence-electron chi connectivity index (χ2n) is 7.47. The maximum absolute atomic E-state index is 12.3. The molecule has 2 aromatic carbocycles. The Kier molecular flexibility index (Phi) is 5.93. The zero-order chi connectivity index (χ0) is 20.9. The normalized spacial score (nSPS) is 11.2. The Labute approximate surface area is 176 Å². The van der Waals surface area contributed by atoms with E-state index in [4.69, 9.17) is 10.7 Å². The molecule has 4 aromatic rings. The molecule has 4 rings (SSSR count). The summed E-state index contributed by atoms with van der Waals surface area (Å²) < 4.78 is 2.26. The van der Waals surface area contributed by atoms with Gasteiger partial charge < -0.3 is 15.6 Å². The molecule has 0 atom stereocenters. The van der Waals surface area contributed by atoms with Crippen LogP contribution in [0, 0.1) is 0 Å². The zero-order valence-electron chi connectivity index (χ0n) is 17.3. The van der Waals surface area contributed by atoms with Gasteiger partial charge in [-0.1, -0.05) is 49.7 Å². The van der Waals surface area contributed by atoms with Crippen molar-refractivity contribution in [3.63, 3.8) is 0 Å². The molecule has 154 valence electrons. The highest BCUT2D eigenvalue weighted by Crippen LogP contribution is 2.29. The molecule has 0 fully saturated rings. The van der Waals surface area contributed by atoms with Gasteiger partial charge in [0.25, 0.3) is 5.91 Å². The van der Waals surface area contributed by atoms with Crippen LogP contribution < -0.4 is 11.1 Å². The molecule has 6 nitrogen and oxygen atoms in total. The van der Waals surface area contributed by atoms with E-state index in [1.54, 1.807) is 0 Å². The largest absolute Gasteiger partial charge is 0.382 e. The van der Waals surface area contributed by atoms with Crippen LogP contribution in [0.2, 0.25) is 0 Å². The first-order chi connectivity index (χ1) is 14.7. The maximum Gasteiger partial charge on any atom is 0.251 e. The number of pyridine rings is 1. The summed E-state index contributed by atoms with van der Waals surface area (Å²) in [5, 5.41) is 4.07. The van der Waals surface area contributed by atoms with Crippen molar-refractivity contribution >= 4 is 33.7 Å². The van der Waals surface area contributed by atoms with E-state index >= 15 is 0 Å². The number of nitrogens with one attached hydrogen (secondary N) is 1. The fourth-order valence-corrected chi connectivity index (χ4v) is 3.80. The first-order valence-electron chi connectivity index (χ1n) is 10.6. The van der Waals surface area contributed by atoms with E-state index in [0.717, 1.165) is 60.0 Å². The van der Waals surface area contributed by atoms with Gasteiger partial charge in [-0.05, 0) is 31.0 Å². The van der Waals surface area contributed by atoms with Crippen LogP contribution in [0.3, 0.4) is 0 Å². The molecule has 0 aliphatic rings. The fraction of sp³-hybridized carbons (Fsp3) is 0.292. The van der Waals surface area contributed by atoms with Gasteiger partial charge in [-0.2, -0.15) is 0 Å². The van der Waals surface area contributed by atoms with Gasteiger partial charge in [0.05, 0.1) is 11.0 Å². The smallest absolute Gasteiger partial charge is 0.251 e. The number of nitrogens with two attached hydrogens (primary N) is 1. The molecule has 0 radical (unpaired) electrons. The van der Waals surface area contributed by atoms with E-state index in [9.17, 15) is 4.79 Å². The predicted octanol–water partition coefficient (Wildman–Crippen LogP) is 4.33. The van der Waals surface area contributed by atoms with Crippen LogP contribution in [-0.2, 0) is 13.0 Å². The average molecular weight is 402 g/mol. The van der Waals surface area contributed by atoms with E-state index in [1.165, 1.54) is 0 Å². The number of nitrogen functional groups attached to an aromatic ring is 1. The van der Waals surface area contributed by atoms with Crippen molar-refractivity contribution < 1.29 is 4.79 Å². The summed E-state index contributed by atoms with van der Waals surface area (Å²) in [5.41, 5.74) is 9.62. The van der Waals surface area contributed by atoms with Crippen LogP contribution in [0.15, 0.2) is 54.6 Å². The number of imidazole rings is 1. The van der Waals surface area contributed by atoms with Gasteiger partial charge in [0.15, 0.2) is 5.82 Å². The third-order valence-electron chi connectivity index (χ3n) is 5.32. The van der Waals surface area contributed by atoms with Crippen molar-refractivity contribution in [2.75, 3.05) is 12.3 Å². The lowest BCUT2D eigenvalue weighted by Crippen LogP contribution is -2.25. The first kappa shape index (κ1) is 19.9. The number of aryl methyl sites for hydroxylation is 2. The summed E-state index contributed by atoms with van der Waals surface area (Å²) in [4.78, 5) is 21.7. The van der Waals surface area contributed by atoms with E-state index in [1.807, 2.05) is 48.5 Å². The lowest BCUT2D eigenvalue weighted by atomic mass is 10.2. The molecule has 0 bridgehead atoms. The second kappa shape index (κ2) is 8.95. The molecule has 0 aliphatic carbocycles. The number of anilines is 1. The minimum atomic E-state index is -0.0452. The van der Waals surface area contributed by atoms with Gasteiger partial charge in [0.2, 0.25) is 0 Å². The summed E-state index contributed by atoms with van der Waals surface area (Å²) >= 11 is 0. The van der Waals surface area contributed by atoms with Gasteiger partial charge in [0.1, 0.15) is 11.3 Å². The number of carbonyl (C=O) groups excluding carboxylic acids is 1. The monoisotopic (exact) mass is 401 g/mol. The number of carbonyl (C=O) groups is 1. The molecule has 30 heavy (non-hydrogen) atoms. The van der Waals surface area contributed by atoms with Crippen LogP contribution in [0.4, 0.5) is 5.82 Å². The topological polar surface area (TPSA) is 85.8 Å². The van der Waals surface area contributed by atoms with Crippen LogP contribution >= 0.6 is 0 Å². The van der Waals surface area contributed by atoms with Gasteiger partial charge in [-0.3, -0.25) is 4.79 Å². The van der Waals surface area contributed by atoms with Crippen molar-refractivity contribution in [2.45, 2.75) is 39.2 Å². The van der Waals surface area contributed by atoms with E-state index in [0.29, 0.717) is 17.9 Å². The van der Waals surface area contributed by atoms with Gasteiger partial charge in [-0.15, -0.1) is 0 Å². The molecule has 0 saturated heterocycles. The molecule has 2 aromatic heterocycles. The Balaban J connectivity index is 1.59. The standard InChI is InChI=1S/C24H27N5O/c1-2-3-14-20-28-21-22(18-12-7-8-13-19(18)27-23(21)25)29(20)16-9-15-26-24(30)17-10-5-4-6-11-17/h4-8,10-13H,2-3,9,14-16H2,1H3,(H2,25,27)(H,26,30). The van der Waals surface area contributed by atoms with Crippen molar-refractivity contribution in [3.8, 4) is 0 Å². The third kappa shape index (κ3) is 3.99. The highest BCUT2D eigenvalue weighted by Gasteiger charge is 2.17. The number of hydrogen-bond donors (Lipinski definition) is 2. The number of amides is 1. The zero-order valence-corrected chi connectivity index (χ0v) is 17.3. The lowest BCUT2D eigenvalue weighted by molar-refractivity contribution is 0.0953. The number of aromatic nitrogens is 3. The molecule has 0 unspecified atom stereocenters. The summed E-state index contributed by atoms with van der Waals surface area (Å²) in [6.07, 6.45) is 3.87. The van der Waals surface area contributed by atoms with Crippen LogP contribution in [0.5, 0.6) is 0 Å². The van der Waals surface area contributed by atoms with Crippen molar-refractivity contribution in [2.24, 2.45) is 0 Å². The van der Waals surface area contributed by atoms with E-state index in [2.05, 4.69) is 27.9 Å². The van der Waals surface area contributed by atoms with Crippen molar-refractivity contribution in [1.82, 2.24) is 19.9 Å². The summed E-state index contributed by atoms with van der Waals surface area (Å²) in [6, 6.07) is 17.3. The molecule has 0 spiro atoms. The quantitative estimate of drug-likeness (QED) is 0.430. The van der Waals surface area contributed by atoms with Crippen LogP contribution in [0.1, 0.15) is 42.4 Å². The molecule has 3 N–H and O–H groups in total. The van der Waals surface area contributed by atoms with Crippen LogP contribution in [-0.4, -0.2) is 27.0 Å².